The number of anilines is 3. The molecule has 0 bridgehead atoms. The van der Waals surface area contributed by atoms with Gasteiger partial charge in [-0.1, -0.05) is 0 Å². The molecule has 1 aromatic rings. The summed E-state index contributed by atoms with van der Waals surface area (Å²) in [7, 11) is -2.80. The normalized spacial score (nSPS) is 22.5. The van der Waals surface area contributed by atoms with Gasteiger partial charge in [-0.3, -0.25) is 0 Å². The van der Waals surface area contributed by atoms with Crippen molar-refractivity contribution in [2.45, 2.75) is 6.42 Å². The Morgan fingerprint density at radius 1 is 1.29 bits per heavy atom. The molecule has 94 valence electrons. The molecule has 2 rings (SSSR count). The molecule has 1 atom stereocenters. The number of nitrogen functional groups attached to an aromatic ring is 2. The van der Waals surface area contributed by atoms with Crippen LogP contribution in [0.1, 0.15) is 6.42 Å². The molecule has 0 spiro atoms. The first-order valence-electron chi connectivity index (χ1n) is 5.55. The van der Waals surface area contributed by atoms with Crippen LogP contribution >= 0.6 is 0 Å². The fourth-order valence-corrected chi connectivity index (χ4v) is 3.84. The van der Waals surface area contributed by atoms with E-state index in [0.29, 0.717) is 23.7 Å². The molecule has 1 saturated heterocycles. The van der Waals surface area contributed by atoms with Crippen molar-refractivity contribution in [3.8, 4) is 0 Å². The van der Waals surface area contributed by atoms with Gasteiger partial charge in [0.1, 0.15) is 0 Å². The maximum absolute atomic E-state index is 11.3. The number of hydrogen-bond donors (Lipinski definition) is 3. The average molecular weight is 255 g/mol. The number of nitrogens with two attached hydrogens (primary N) is 2. The summed E-state index contributed by atoms with van der Waals surface area (Å²) in [6.45, 7) is 0.655. The van der Waals surface area contributed by atoms with E-state index in [0.717, 1.165) is 12.1 Å². The van der Waals surface area contributed by atoms with Crippen molar-refractivity contribution < 1.29 is 8.42 Å². The summed E-state index contributed by atoms with van der Waals surface area (Å²) in [5.74, 6) is 0.784. The summed E-state index contributed by atoms with van der Waals surface area (Å²) in [5.41, 5.74) is 13.3. The molecule has 0 radical (unpaired) electrons. The molecule has 5 nitrogen and oxygen atoms in total. The SMILES string of the molecule is Nc1ccc(NCC2CCS(=O)(=O)C2)cc1N. The standard InChI is InChI=1S/C11H17N3O2S/c12-10-2-1-9(5-11(10)13)14-6-8-3-4-17(15,16)7-8/h1-2,5,8,14H,3-4,6-7,12-13H2. The molecule has 0 saturated carbocycles. The molecule has 17 heavy (non-hydrogen) atoms. The minimum Gasteiger partial charge on any atom is -0.397 e. The topological polar surface area (TPSA) is 98.2 Å². The highest BCUT2D eigenvalue weighted by Crippen LogP contribution is 2.22. The zero-order valence-corrected chi connectivity index (χ0v) is 10.3. The zero-order chi connectivity index (χ0) is 12.5. The van der Waals surface area contributed by atoms with Crippen LogP contribution < -0.4 is 16.8 Å². The highest BCUT2D eigenvalue weighted by molar-refractivity contribution is 7.91. The maximum Gasteiger partial charge on any atom is 0.150 e. The summed E-state index contributed by atoms with van der Waals surface area (Å²) < 4.78 is 22.6. The molecule has 1 aromatic carbocycles. The number of sulfone groups is 1. The van der Waals surface area contributed by atoms with Gasteiger partial charge in [-0.2, -0.15) is 0 Å². The third-order valence-corrected chi connectivity index (χ3v) is 4.85. The largest absolute Gasteiger partial charge is 0.397 e. The first-order valence-corrected chi connectivity index (χ1v) is 7.38. The van der Waals surface area contributed by atoms with E-state index in [4.69, 9.17) is 11.5 Å². The highest BCUT2D eigenvalue weighted by Gasteiger charge is 2.27. The Morgan fingerprint density at radius 2 is 2.06 bits per heavy atom. The lowest BCUT2D eigenvalue weighted by atomic mass is 10.1. The zero-order valence-electron chi connectivity index (χ0n) is 9.52. The molecule has 1 unspecified atom stereocenters. The van der Waals surface area contributed by atoms with E-state index >= 15 is 0 Å². The monoisotopic (exact) mass is 255 g/mol. The predicted molar refractivity (Wildman–Crippen MR) is 70.5 cm³/mol. The van der Waals surface area contributed by atoms with Crippen LogP contribution in [0.25, 0.3) is 0 Å². The number of hydrogen-bond acceptors (Lipinski definition) is 5. The second-order valence-corrected chi connectivity index (χ2v) is 6.72. The summed E-state index contributed by atoms with van der Waals surface area (Å²) >= 11 is 0. The van der Waals surface area contributed by atoms with Gasteiger partial charge >= 0.3 is 0 Å². The van der Waals surface area contributed by atoms with Gasteiger partial charge < -0.3 is 16.8 Å². The fourth-order valence-electron chi connectivity index (χ4n) is 1.98. The second kappa shape index (κ2) is 4.44. The fraction of sp³-hybridized carbons (Fsp3) is 0.455. The lowest BCUT2D eigenvalue weighted by Crippen LogP contribution is -2.15. The van der Waals surface area contributed by atoms with Crippen LogP contribution in [0.4, 0.5) is 17.1 Å². The van der Waals surface area contributed by atoms with E-state index in [1.807, 2.05) is 6.07 Å². The molecule has 1 aliphatic heterocycles. The van der Waals surface area contributed by atoms with Crippen molar-refractivity contribution >= 4 is 26.9 Å². The quantitative estimate of drug-likeness (QED) is 0.690. The predicted octanol–water partition coefficient (Wildman–Crippen LogP) is 0.698. The van der Waals surface area contributed by atoms with Crippen LogP contribution in [0.5, 0.6) is 0 Å². The second-order valence-electron chi connectivity index (χ2n) is 4.49. The van der Waals surface area contributed by atoms with E-state index in [1.54, 1.807) is 12.1 Å². The summed E-state index contributed by atoms with van der Waals surface area (Å²) in [6.07, 6.45) is 0.736. The number of benzene rings is 1. The minimum atomic E-state index is -2.80. The van der Waals surface area contributed by atoms with Crippen LogP contribution in [-0.4, -0.2) is 26.5 Å². The van der Waals surface area contributed by atoms with Gasteiger partial charge in [-0.25, -0.2) is 8.42 Å². The smallest absolute Gasteiger partial charge is 0.150 e. The van der Waals surface area contributed by atoms with Gasteiger partial charge in [0.15, 0.2) is 9.84 Å². The first kappa shape index (κ1) is 12.0. The molecule has 0 aromatic heterocycles. The van der Waals surface area contributed by atoms with Gasteiger partial charge in [0.25, 0.3) is 0 Å². The molecule has 0 amide bonds. The molecule has 1 aliphatic rings. The van der Waals surface area contributed by atoms with E-state index in [1.165, 1.54) is 0 Å². The third-order valence-electron chi connectivity index (χ3n) is 3.01. The summed E-state index contributed by atoms with van der Waals surface area (Å²) in [6, 6.07) is 5.34. The van der Waals surface area contributed by atoms with Gasteiger partial charge in [-0.05, 0) is 30.5 Å². The molecule has 1 heterocycles. The Kier molecular flexibility index (Phi) is 3.15. The van der Waals surface area contributed by atoms with Crippen molar-refractivity contribution in [3.63, 3.8) is 0 Å². The van der Waals surface area contributed by atoms with Crippen LogP contribution in [-0.2, 0) is 9.84 Å². The Labute approximate surface area is 101 Å². The number of nitrogens with one attached hydrogen (secondary N) is 1. The van der Waals surface area contributed by atoms with Gasteiger partial charge in [0, 0.05) is 12.2 Å². The molecule has 1 fully saturated rings. The van der Waals surface area contributed by atoms with E-state index in [2.05, 4.69) is 5.32 Å². The van der Waals surface area contributed by atoms with Crippen molar-refractivity contribution in [2.24, 2.45) is 5.92 Å². The molecule has 6 heteroatoms. The van der Waals surface area contributed by atoms with Crippen LogP contribution in [0.2, 0.25) is 0 Å². The lowest BCUT2D eigenvalue weighted by Gasteiger charge is -2.11. The maximum atomic E-state index is 11.3. The third kappa shape index (κ3) is 3.03. The lowest BCUT2D eigenvalue weighted by molar-refractivity contribution is 0.596. The molecule has 5 N–H and O–H groups in total. The van der Waals surface area contributed by atoms with Gasteiger partial charge in [0.2, 0.25) is 0 Å². The van der Waals surface area contributed by atoms with E-state index in [9.17, 15) is 8.42 Å². The van der Waals surface area contributed by atoms with Gasteiger partial charge in [0.05, 0.1) is 22.9 Å². The molecule has 0 aliphatic carbocycles. The van der Waals surface area contributed by atoms with Crippen molar-refractivity contribution in [3.05, 3.63) is 18.2 Å². The van der Waals surface area contributed by atoms with Gasteiger partial charge in [-0.15, -0.1) is 0 Å². The Balaban J connectivity index is 1.92. The Hall–Kier alpha value is -1.43. The first-order chi connectivity index (χ1) is 7.96. The van der Waals surface area contributed by atoms with E-state index < -0.39 is 9.84 Å². The average Bonchev–Trinajstić information content (AvgIpc) is 2.60. The Morgan fingerprint density at radius 3 is 2.65 bits per heavy atom. The minimum absolute atomic E-state index is 0.193. The Bertz CT molecular complexity index is 513. The highest BCUT2D eigenvalue weighted by atomic mass is 32.2. The number of rotatable bonds is 3. The van der Waals surface area contributed by atoms with Crippen molar-refractivity contribution in [1.82, 2.24) is 0 Å². The summed E-state index contributed by atoms with van der Waals surface area (Å²) in [5, 5.41) is 3.19. The van der Waals surface area contributed by atoms with Crippen LogP contribution in [0, 0.1) is 5.92 Å². The van der Waals surface area contributed by atoms with Crippen molar-refractivity contribution in [2.75, 3.05) is 34.8 Å². The molecular formula is C11H17N3O2S. The van der Waals surface area contributed by atoms with E-state index in [-0.39, 0.29) is 11.7 Å². The van der Waals surface area contributed by atoms with Crippen molar-refractivity contribution in [1.29, 1.82) is 0 Å². The van der Waals surface area contributed by atoms with Crippen LogP contribution in [0.3, 0.4) is 0 Å². The van der Waals surface area contributed by atoms with Crippen LogP contribution in [0.15, 0.2) is 18.2 Å². The summed E-state index contributed by atoms with van der Waals surface area (Å²) in [4.78, 5) is 0. The molecular weight excluding hydrogens is 238 g/mol.